The summed E-state index contributed by atoms with van der Waals surface area (Å²) < 4.78 is 2.18. The standard InChI is InChI=1S/C13H10ClN3/c14-11-4-3-9(6-10(11)7-15)12-8-17-5-1-2-13(17)16-12/h3-4,6,8H,1-2,5H2. The predicted molar refractivity (Wildman–Crippen MR) is 65.7 cm³/mol. The fraction of sp³-hybridized carbons (Fsp3) is 0.231. The first-order chi connectivity index (χ1) is 8.28. The maximum Gasteiger partial charge on any atom is 0.109 e. The highest BCUT2D eigenvalue weighted by molar-refractivity contribution is 6.31. The highest BCUT2D eigenvalue weighted by Gasteiger charge is 2.15. The molecular weight excluding hydrogens is 234 g/mol. The maximum atomic E-state index is 8.95. The Morgan fingerprint density at radius 1 is 1.41 bits per heavy atom. The minimum Gasteiger partial charge on any atom is -0.334 e. The Kier molecular flexibility index (Phi) is 2.38. The van der Waals surface area contributed by atoms with Crippen molar-refractivity contribution < 1.29 is 0 Å². The Balaban J connectivity index is 2.06. The Bertz CT molecular complexity index is 601. The number of imidazole rings is 1. The van der Waals surface area contributed by atoms with Crippen LogP contribution >= 0.6 is 11.6 Å². The average molecular weight is 244 g/mol. The van der Waals surface area contributed by atoms with Gasteiger partial charge in [-0.25, -0.2) is 4.98 Å². The molecule has 0 amide bonds. The number of fused-ring (bicyclic) bond motifs is 1. The predicted octanol–water partition coefficient (Wildman–Crippen LogP) is 3.02. The molecule has 0 saturated carbocycles. The van der Waals surface area contributed by atoms with Gasteiger partial charge in [0.1, 0.15) is 11.9 Å². The monoisotopic (exact) mass is 243 g/mol. The van der Waals surface area contributed by atoms with Gasteiger partial charge >= 0.3 is 0 Å². The number of hydrogen-bond donors (Lipinski definition) is 0. The van der Waals surface area contributed by atoms with Crippen molar-refractivity contribution in [3.63, 3.8) is 0 Å². The van der Waals surface area contributed by atoms with Gasteiger partial charge in [0.15, 0.2) is 0 Å². The van der Waals surface area contributed by atoms with Gasteiger partial charge in [0.2, 0.25) is 0 Å². The zero-order chi connectivity index (χ0) is 11.8. The van der Waals surface area contributed by atoms with E-state index in [4.69, 9.17) is 16.9 Å². The average Bonchev–Trinajstić information content (AvgIpc) is 2.90. The van der Waals surface area contributed by atoms with Gasteiger partial charge in [-0.2, -0.15) is 5.26 Å². The first kappa shape index (κ1) is 10.4. The third-order valence-corrected chi connectivity index (χ3v) is 3.37. The Morgan fingerprint density at radius 2 is 2.29 bits per heavy atom. The lowest BCUT2D eigenvalue weighted by molar-refractivity contribution is 0.750. The van der Waals surface area contributed by atoms with Crippen molar-refractivity contribution in [2.24, 2.45) is 0 Å². The Morgan fingerprint density at radius 3 is 3.06 bits per heavy atom. The van der Waals surface area contributed by atoms with Gasteiger partial charge in [0.05, 0.1) is 16.3 Å². The van der Waals surface area contributed by atoms with E-state index in [9.17, 15) is 0 Å². The summed E-state index contributed by atoms with van der Waals surface area (Å²) in [5, 5.41) is 9.44. The lowest BCUT2D eigenvalue weighted by Crippen LogP contribution is -1.87. The van der Waals surface area contributed by atoms with Crippen molar-refractivity contribution in [2.45, 2.75) is 19.4 Å². The van der Waals surface area contributed by atoms with E-state index < -0.39 is 0 Å². The number of rotatable bonds is 1. The van der Waals surface area contributed by atoms with Crippen LogP contribution in [0.15, 0.2) is 24.4 Å². The van der Waals surface area contributed by atoms with Crippen LogP contribution in [0.5, 0.6) is 0 Å². The fourth-order valence-corrected chi connectivity index (χ4v) is 2.32. The van der Waals surface area contributed by atoms with Crippen molar-refractivity contribution >= 4 is 11.6 Å². The van der Waals surface area contributed by atoms with Gasteiger partial charge in [-0.1, -0.05) is 17.7 Å². The first-order valence-electron chi connectivity index (χ1n) is 5.54. The molecule has 0 bridgehead atoms. The van der Waals surface area contributed by atoms with E-state index in [1.165, 1.54) is 6.42 Å². The molecule has 0 aliphatic carbocycles. The van der Waals surface area contributed by atoms with Crippen LogP contribution in [0.2, 0.25) is 5.02 Å². The fourth-order valence-electron chi connectivity index (χ4n) is 2.16. The number of aryl methyl sites for hydroxylation is 2. The lowest BCUT2D eigenvalue weighted by Gasteiger charge is -1.99. The smallest absolute Gasteiger partial charge is 0.109 e. The van der Waals surface area contributed by atoms with E-state index in [0.29, 0.717) is 10.6 Å². The van der Waals surface area contributed by atoms with E-state index in [-0.39, 0.29) is 0 Å². The topological polar surface area (TPSA) is 41.6 Å². The number of hydrogen-bond acceptors (Lipinski definition) is 2. The number of nitriles is 1. The summed E-state index contributed by atoms with van der Waals surface area (Å²) in [6.45, 7) is 1.04. The van der Waals surface area contributed by atoms with Gasteiger partial charge in [-0.05, 0) is 18.6 Å². The molecule has 1 aliphatic heterocycles. The summed E-state index contributed by atoms with van der Waals surface area (Å²) in [4.78, 5) is 4.58. The summed E-state index contributed by atoms with van der Waals surface area (Å²) in [5.74, 6) is 1.13. The van der Waals surface area contributed by atoms with Crippen molar-refractivity contribution in [1.82, 2.24) is 9.55 Å². The van der Waals surface area contributed by atoms with Gasteiger partial charge in [-0.15, -0.1) is 0 Å². The van der Waals surface area contributed by atoms with Gasteiger partial charge < -0.3 is 4.57 Å². The summed E-state index contributed by atoms with van der Waals surface area (Å²) in [6, 6.07) is 7.53. The van der Waals surface area contributed by atoms with Crippen LogP contribution in [0, 0.1) is 11.3 Å². The van der Waals surface area contributed by atoms with Crippen LogP contribution in [0.25, 0.3) is 11.3 Å². The molecule has 17 heavy (non-hydrogen) atoms. The molecule has 1 aliphatic rings. The number of nitrogens with zero attached hydrogens (tertiary/aromatic N) is 3. The molecule has 0 unspecified atom stereocenters. The molecule has 0 spiro atoms. The summed E-state index contributed by atoms with van der Waals surface area (Å²) in [5.41, 5.74) is 2.37. The largest absolute Gasteiger partial charge is 0.334 e. The normalized spacial score (nSPS) is 13.4. The summed E-state index contributed by atoms with van der Waals surface area (Å²) in [7, 11) is 0. The van der Waals surface area contributed by atoms with Gasteiger partial charge in [0, 0.05) is 24.7 Å². The van der Waals surface area contributed by atoms with Gasteiger partial charge in [0.25, 0.3) is 0 Å². The van der Waals surface area contributed by atoms with Crippen LogP contribution in [0.1, 0.15) is 17.8 Å². The lowest BCUT2D eigenvalue weighted by atomic mass is 10.1. The first-order valence-corrected chi connectivity index (χ1v) is 5.92. The Labute approximate surface area is 104 Å². The van der Waals surface area contributed by atoms with E-state index in [2.05, 4.69) is 15.6 Å². The summed E-state index contributed by atoms with van der Waals surface area (Å²) in [6.07, 6.45) is 4.26. The molecule has 3 nitrogen and oxygen atoms in total. The molecular formula is C13H10ClN3. The van der Waals surface area contributed by atoms with Crippen LogP contribution in [-0.4, -0.2) is 9.55 Å². The minimum atomic E-state index is 0.489. The van der Waals surface area contributed by atoms with E-state index in [1.807, 2.05) is 12.3 Å². The highest BCUT2D eigenvalue weighted by Crippen LogP contribution is 2.26. The Hall–Kier alpha value is -1.79. The second-order valence-corrected chi connectivity index (χ2v) is 4.55. The second-order valence-electron chi connectivity index (χ2n) is 4.15. The van der Waals surface area contributed by atoms with Crippen LogP contribution in [0.4, 0.5) is 0 Å². The zero-order valence-corrected chi connectivity index (χ0v) is 9.91. The number of halogens is 1. The molecule has 0 fully saturated rings. The molecule has 3 rings (SSSR count). The molecule has 2 aromatic rings. The second kappa shape index (κ2) is 3.90. The number of benzene rings is 1. The highest BCUT2D eigenvalue weighted by atomic mass is 35.5. The quantitative estimate of drug-likeness (QED) is 0.773. The van der Waals surface area contributed by atoms with Gasteiger partial charge in [-0.3, -0.25) is 0 Å². The summed E-state index contributed by atoms with van der Waals surface area (Å²) >= 11 is 5.91. The molecule has 1 aromatic heterocycles. The van der Waals surface area contributed by atoms with Crippen LogP contribution in [-0.2, 0) is 13.0 Å². The van der Waals surface area contributed by atoms with E-state index in [1.54, 1.807) is 12.1 Å². The van der Waals surface area contributed by atoms with Crippen molar-refractivity contribution in [3.8, 4) is 17.3 Å². The van der Waals surface area contributed by atoms with E-state index in [0.717, 1.165) is 30.0 Å². The molecule has 0 radical (unpaired) electrons. The minimum absolute atomic E-state index is 0.489. The molecule has 0 saturated heterocycles. The molecule has 4 heteroatoms. The SMILES string of the molecule is N#Cc1cc(-c2cn3c(n2)CCC3)ccc1Cl. The molecule has 2 heterocycles. The third kappa shape index (κ3) is 1.71. The van der Waals surface area contributed by atoms with Crippen molar-refractivity contribution in [3.05, 3.63) is 40.8 Å². The van der Waals surface area contributed by atoms with Crippen molar-refractivity contribution in [2.75, 3.05) is 0 Å². The molecule has 1 aromatic carbocycles. The maximum absolute atomic E-state index is 8.95. The van der Waals surface area contributed by atoms with Crippen LogP contribution in [0.3, 0.4) is 0 Å². The molecule has 0 atom stereocenters. The van der Waals surface area contributed by atoms with E-state index >= 15 is 0 Å². The van der Waals surface area contributed by atoms with Crippen LogP contribution < -0.4 is 0 Å². The third-order valence-electron chi connectivity index (χ3n) is 3.04. The van der Waals surface area contributed by atoms with Crippen molar-refractivity contribution in [1.29, 1.82) is 5.26 Å². The molecule has 84 valence electrons. The zero-order valence-electron chi connectivity index (χ0n) is 9.15. The number of aromatic nitrogens is 2. The molecule has 0 N–H and O–H groups in total.